The van der Waals surface area contributed by atoms with Gasteiger partial charge in [0.1, 0.15) is 6.10 Å². The average Bonchev–Trinajstić information content (AvgIpc) is 2.79. The number of unbranched alkanes of at least 4 members (excludes halogenated alkanes) is 13. The topological polar surface area (TPSA) is 63.6 Å². The molecule has 32 heavy (non-hydrogen) atoms. The van der Waals surface area contributed by atoms with Crippen molar-refractivity contribution in [2.24, 2.45) is 0 Å². The van der Waals surface area contributed by atoms with Gasteiger partial charge in [-0.2, -0.15) is 0 Å². The van der Waals surface area contributed by atoms with Gasteiger partial charge in [0.2, 0.25) is 0 Å². The molecule has 0 fully saturated rings. The van der Waals surface area contributed by atoms with Crippen LogP contribution in [-0.4, -0.2) is 23.1 Å². The highest BCUT2D eigenvalue weighted by molar-refractivity contribution is 5.94. The van der Waals surface area contributed by atoms with Crippen molar-refractivity contribution in [3.8, 4) is 0 Å². The van der Waals surface area contributed by atoms with Crippen molar-refractivity contribution in [1.82, 2.24) is 0 Å². The third-order valence-corrected chi connectivity index (χ3v) is 6.13. The van der Waals surface area contributed by atoms with Gasteiger partial charge >= 0.3 is 11.9 Å². The number of benzene rings is 1. The molecule has 1 atom stereocenters. The Morgan fingerprint density at radius 3 is 1.62 bits per heavy atom. The molecule has 1 rings (SSSR count). The summed E-state index contributed by atoms with van der Waals surface area (Å²) in [5.41, 5.74) is 0.441. The van der Waals surface area contributed by atoms with Crippen LogP contribution in [0.5, 0.6) is 0 Å². The number of carboxylic acid groups (broad SMARTS) is 1. The van der Waals surface area contributed by atoms with Gasteiger partial charge in [0.25, 0.3) is 0 Å². The Hall–Kier alpha value is -1.84. The van der Waals surface area contributed by atoms with Crippen molar-refractivity contribution >= 4 is 11.9 Å². The van der Waals surface area contributed by atoms with E-state index in [0.29, 0.717) is 5.56 Å². The molecule has 0 heterocycles. The highest BCUT2D eigenvalue weighted by Crippen LogP contribution is 2.19. The van der Waals surface area contributed by atoms with Crippen molar-refractivity contribution < 1.29 is 19.4 Å². The second kappa shape index (κ2) is 18.7. The quantitative estimate of drug-likeness (QED) is 0.161. The van der Waals surface area contributed by atoms with Gasteiger partial charge in [-0.1, -0.05) is 103 Å². The maximum atomic E-state index is 12.7. The lowest BCUT2D eigenvalue weighted by Gasteiger charge is -2.18. The third-order valence-electron chi connectivity index (χ3n) is 6.13. The van der Waals surface area contributed by atoms with Crippen molar-refractivity contribution in [1.29, 1.82) is 0 Å². The Kier molecular flexibility index (Phi) is 16.5. The molecular formula is C28H46O4. The van der Waals surface area contributed by atoms with Crippen LogP contribution in [0.3, 0.4) is 0 Å². The molecule has 1 N–H and O–H groups in total. The Morgan fingerprint density at radius 1 is 0.719 bits per heavy atom. The molecule has 1 aromatic carbocycles. The largest absolute Gasteiger partial charge is 0.478 e. The highest BCUT2D eigenvalue weighted by Gasteiger charge is 2.17. The monoisotopic (exact) mass is 446 g/mol. The predicted molar refractivity (Wildman–Crippen MR) is 132 cm³/mol. The first-order valence-corrected chi connectivity index (χ1v) is 13.1. The summed E-state index contributed by atoms with van der Waals surface area (Å²) in [6.07, 6.45) is 20.5. The molecule has 0 amide bonds. The molecule has 0 saturated carbocycles. The van der Waals surface area contributed by atoms with Gasteiger partial charge in [-0.05, 0) is 43.9 Å². The summed E-state index contributed by atoms with van der Waals surface area (Å²) in [6.45, 7) is 4.47. The Labute approximate surface area is 196 Å². The summed E-state index contributed by atoms with van der Waals surface area (Å²) in [6, 6.07) is 6.14. The number of ether oxygens (including phenoxy) is 1. The van der Waals surface area contributed by atoms with Crippen LogP contribution in [0.25, 0.3) is 0 Å². The van der Waals surface area contributed by atoms with Gasteiger partial charge < -0.3 is 9.84 Å². The van der Waals surface area contributed by atoms with Gasteiger partial charge in [-0.15, -0.1) is 0 Å². The van der Waals surface area contributed by atoms with Gasteiger partial charge in [0.15, 0.2) is 0 Å². The fourth-order valence-corrected chi connectivity index (χ4v) is 4.10. The Balaban J connectivity index is 2.46. The Bertz CT molecular complexity index is 626. The van der Waals surface area contributed by atoms with Gasteiger partial charge in [0, 0.05) is 0 Å². The lowest BCUT2D eigenvalue weighted by Crippen LogP contribution is -2.19. The zero-order chi connectivity index (χ0) is 23.4. The van der Waals surface area contributed by atoms with Crippen LogP contribution in [0.4, 0.5) is 0 Å². The van der Waals surface area contributed by atoms with E-state index in [4.69, 9.17) is 4.74 Å². The summed E-state index contributed by atoms with van der Waals surface area (Å²) in [7, 11) is 0. The van der Waals surface area contributed by atoms with Crippen LogP contribution in [0.15, 0.2) is 24.3 Å². The zero-order valence-corrected chi connectivity index (χ0v) is 20.6. The van der Waals surface area contributed by atoms with E-state index in [0.717, 1.165) is 25.7 Å². The van der Waals surface area contributed by atoms with Crippen LogP contribution >= 0.6 is 0 Å². The molecular weight excluding hydrogens is 400 g/mol. The van der Waals surface area contributed by atoms with Crippen LogP contribution in [0.2, 0.25) is 0 Å². The highest BCUT2D eigenvalue weighted by atomic mass is 16.5. The van der Waals surface area contributed by atoms with Crippen LogP contribution in [0, 0.1) is 0 Å². The summed E-state index contributed by atoms with van der Waals surface area (Å²) in [5.74, 6) is -1.43. The fraction of sp³-hybridized carbons (Fsp3) is 0.714. The van der Waals surface area contributed by atoms with E-state index < -0.39 is 11.9 Å². The lowest BCUT2D eigenvalue weighted by molar-refractivity contribution is 0.0249. The van der Waals surface area contributed by atoms with E-state index in [1.807, 2.05) is 0 Å². The molecule has 4 nitrogen and oxygen atoms in total. The van der Waals surface area contributed by atoms with Crippen molar-refractivity contribution in [3.63, 3.8) is 0 Å². The first-order valence-electron chi connectivity index (χ1n) is 13.1. The van der Waals surface area contributed by atoms with Crippen LogP contribution in [0.1, 0.15) is 144 Å². The predicted octanol–water partition coefficient (Wildman–Crippen LogP) is 8.58. The summed E-state index contributed by atoms with van der Waals surface area (Å²) in [5, 5.41) is 9.18. The SMILES string of the molecule is CCCCCCCCCCC(CCCCCCCCC)OC(=O)c1cccc(C(=O)O)c1. The van der Waals surface area contributed by atoms with Crippen LogP contribution < -0.4 is 0 Å². The van der Waals surface area contributed by atoms with Gasteiger partial charge in [-0.25, -0.2) is 9.59 Å². The molecule has 182 valence electrons. The normalized spacial score (nSPS) is 11.9. The van der Waals surface area contributed by atoms with Crippen molar-refractivity contribution in [2.75, 3.05) is 0 Å². The number of rotatable bonds is 20. The molecule has 0 radical (unpaired) electrons. The fourth-order valence-electron chi connectivity index (χ4n) is 4.10. The van der Waals surface area contributed by atoms with E-state index in [-0.39, 0.29) is 11.7 Å². The van der Waals surface area contributed by atoms with E-state index in [9.17, 15) is 14.7 Å². The molecule has 0 aliphatic carbocycles. The number of esters is 1. The van der Waals surface area contributed by atoms with Gasteiger partial charge in [0.05, 0.1) is 11.1 Å². The molecule has 0 spiro atoms. The maximum absolute atomic E-state index is 12.7. The van der Waals surface area contributed by atoms with Crippen molar-refractivity contribution in [2.45, 2.75) is 129 Å². The summed E-state index contributed by atoms with van der Waals surface area (Å²) in [4.78, 5) is 23.9. The smallest absolute Gasteiger partial charge is 0.338 e. The standard InChI is InChI=1S/C28H46O4/c1-3-5-7-9-11-13-15-17-22-26(21-16-14-12-10-8-6-4-2)32-28(31)25-20-18-19-24(23-25)27(29)30/h18-20,23,26H,3-17,21-22H2,1-2H3,(H,29,30). The maximum Gasteiger partial charge on any atom is 0.338 e. The molecule has 0 aromatic heterocycles. The molecule has 1 unspecified atom stereocenters. The zero-order valence-electron chi connectivity index (χ0n) is 20.6. The number of carboxylic acids is 1. The lowest BCUT2D eigenvalue weighted by atomic mass is 10.0. The third kappa shape index (κ3) is 13.5. The molecule has 0 aliphatic heterocycles. The summed E-state index contributed by atoms with van der Waals surface area (Å²) < 4.78 is 5.84. The van der Waals surface area contributed by atoms with Crippen LogP contribution in [-0.2, 0) is 4.74 Å². The molecule has 4 heteroatoms. The molecule has 0 aliphatic rings. The van der Waals surface area contributed by atoms with E-state index in [1.165, 1.54) is 95.6 Å². The molecule has 0 saturated heterocycles. The minimum atomic E-state index is -1.03. The first-order chi connectivity index (χ1) is 15.6. The van der Waals surface area contributed by atoms with E-state index in [1.54, 1.807) is 12.1 Å². The number of carbonyl (C=O) groups is 2. The van der Waals surface area contributed by atoms with E-state index >= 15 is 0 Å². The minimum absolute atomic E-state index is 0.0771. The number of aromatic carboxylic acids is 1. The minimum Gasteiger partial charge on any atom is -0.478 e. The van der Waals surface area contributed by atoms with E-state index in [2.05, 4.69) is 13.8 Å². The second-order valence-electron chi connectivity index (χ2n) is 9.09. The van der Waals surface area contributed by atoms with Gasteiger partial charge in [-0.3, -0.25) is 0 Å². The number of hydrogen-bond acceptors (Lipinski definition) is 3. The average molecular weight is 447 g/mol. The van der Waals surface area contributed by atoms with Crippen molar-refractivity contribution in [3.05, 3.63) is 35.4 Å². The molecule has 1 aromatic rings. The first kappa shape index (κ1) is 28.2. The number of hydrogen-bond donors (Lipinski definition) is 1. The second-order valence-corrected chi connectivity index (χ2v) is 9.09. The number of carbonyl (C=O) groups excluding carboxylic acids is 1. The Morgan fingerprint density at radius 2 is 1.16 bits per heavy atom. The molecule has 0 bridgehead atoms. The summed E-state index contributed by atoms with van der Waals surface area (Å²) >= 11 is 0.